The highest BCUT2D eigenvalue weighted by atomic mass is 16.2. The molecule has 0 bridgehead atoms. The largest absolute Gasteiger partial charge is 0.325 e. The number of nitrogens with one attached hydrogen (secondary N) is 1. The van der Waals surface area contributed by atoms with Gasteiger partial charge in [0, 0.05) is 31.9 Å². The van der Waals surface area contributed by atoms with E-state index in [9.17, 15) is 4.79 Å². The van der Waals surface area contributed by atoms with E-state index in [0.717, 1.165) is 31.9 Å². The summed E-state index contributed by atoms with van der Waals surface area (Å²) < 4.78 is 0. The number of likely N-dealkylation sites (N-methyl/N-ethyl adjacent to an activating group) is 1. The number of benzene rings is 1. The summed E-state index contributed by atoms with van der Waals surface area (Å²) in [6, 6.07) is 9.59. The molecule has 0 radical (unpaired) electrons. The molecule has 1 aliphatic rings. The molecule has 0 aromatic heterocycles. The molecule has 1 N–H and O–H groups in total. The lowest BCUT2D eigenvalue weighted by Crippen LogP contribution is -2.47. The number of piperazine rings is 1. The average molecular weight is 233 g/mol. The highest BCUT2D eigenvalue weighted by Gasteiger charge is 2.16. The molecule has 0 spiro atoms. The van der Waals surface area contributed by atoms with Crippen molar-refractivity contribution in [3.8, 4) is 0 Å². The molecule has 4 nitrogen and oxygen atoms in total. The van der Waals surface area contributed by atoms with E-state index in [1.807, 2.05) is 30.3 Å². The van der Waals surface area contributed by atoms with Crippen molar-refractivity contribution >= 4 is 11.6 Å². The minimum Gasteiger partial charge on any atom is -0.325 e. The zero-order valence-corrected chi connectivity index (χ0v) is 10.2. The number of anilines is 1. The number of para-hydroxylation sites is 1. The molecule has 92 valence electrons. The summed E-state index contributed by atoms with van der Waals surface area (Å²) in [4.78, 5) is 16.3. The van der Waals surface area contributed by atoms with Crippen LogP contribution in [0, 0.1) is 0 Å². The maximum atomic E-state index is 11.8. The maximum Gasteiger partial charge on any atom is 0.238 e. The Labute approximate surface area is 102 Å². The summed E-state index contributed by atoms with van der Waals surface area (Å²) in [5.41, 5.74) is 0.867. The lowest BCUT2D eigenvalue weighted by atomic mass is 10.3. The summed E-state index contributed by atoms with van der Waals surface area (Å²) in [5, 5.41) is 2.91. The molecule has 1 saturated heterocycles. The van der Waals surface area contributed by atoms with Crippen LogP contribution in [0.3, 0.4) is 0 Å². The molecule has 4 heteroatoms. The molecule has 17 heavy (non-hydrogen) atoms. The zero-order chi connectivity index (χ0) is 12.1. The first-order chi connectivity index (χ1) is 8.24. The van der Waals surface area contributed by atoms with E-state index in [1.54, 1.807) is 0 Å². The van der Waals surface area contributed by atoms with Crippen LogP contribution in [0.2, 0.25) is 0 Å². The normalized spacial score (nSPS) is 17.9. The molecule has 1 heterocycles. The first-order valence-electron chi connectivity index (χ1n) is 6.00. The maximum absolute atomic E-state index is 11.8. The van der Waals surface area contributed by atoms with Gasteiger partial charge in [-0.1, -0.05) is 18.2 Å². The summed E-state index contributed by atoms with van der Waals surface area (Å²) >= 11 is 0. The predicted molar refractivity (Wildman–Crippen MR) is 69.0 cm³/mol. The Hall–Kier alpha value is -1.39. The minimum absolute atomic E-state index is 0.0701. The summed E-state index contributed by atoms with van der Waals surface area (Å²) in [5.74, 6) is 0.0701. The van der Waals surface area contributed by atoms with E-state index < -0.39 is 0 Å². The van der Waals surface area contributed by atoms with Crippen molar-refractivity contribution in [3.63, 3.8) is 0 Å². The van der Waals surface area contributed by atoms with E-state index in [-0.39, 0.29) is 5.91 Å². The highest BCUT2D eigenvalue weighted by molar-refractivity contribution is 5.92. The Morgan fingerprint density at radius 2 is 1.82 bits per heavy atom. The topological polar surface area (TPSA) is 35.6 Å². The number of hydrogen-bond donors (Lipinski definition) is 1. The van der Waals surface area contributed by atoms with Crippen molar-refractivity contribution < 1.29 is 4.79 Å². The SMILES string of the molecule is CN1CCN(CC(=O)Nc2ccccc2)CC1. The van der Waals surface area contributed by atoms with Crippen molar-refractivity contribution in [1.29, 1.82) is 0 Å². The van der Waals surface area contributed by atoms with Gasteiger partial charge in [0.25, 0.3) is 0 Å². The fraction of sp³-hybridized carbons (Fsp3) is 0.462. The third kappa shape index (κ3) is 3.84. The molecule has 1 aliphatic heterocycles. The molecule has 1 aromatic rings. The van der Waals surface area contributed by atoms with Gasteiger partial charge >= 0.3 is 0 Å². The standard InChI is InChI=1S/C13H19N3O/c1-15-7-9-16(10-8-15)11-13(17)14-12-5-3-2-4-6-12/h2-6H,7-11H2,1H3,(H,14,17). The van der Waals surface area contributed by atoms with E-state index in [2.05, 4.69) is 22.2 Å². The summed E-state index contributed by atoms with van der Waals surface area (Å²) in [6.45, 7) is 4.51. The van der Waals surface area contributed by atoms with Gasteiger partial charge < -0.3 is 10.2 Å². The van der Waals surface area contributed by atoms with Gasteiger partial charge in [-0.15, -0.1) is 0 Å². The second kappa shape index (κ2) is 5.80. The monoisotopic (exact) mass is 233 g/mol. The lowest BCUT2D eigenvalue weighted by Gasteiger charge is -2.31. The molecule has 0 unspecified atom stereocenters. The van der Waals surface area contributed by atoms with E-state index in [1.165, 1.54) is 0 Å². The lowest BCUT2D eigenvalue weighted by molar-refractivity contribution is -0.117. The number of hydrogen-bond acceptors (Lipinski definition) is 3. The molecule has 1 amide bonds. The Morgan fingerprint density at radius 1 is 1.18 bits per heavy atom. The second-order valence-electron chi connectivity index (χ2n) is 4.49. The van der Waals surface area contributed by atoms with Gasteiger partial charge in [0.1, 0.15) is 0 Å². The summed E-state index contributed by atoms with van der Waals surface area (Å²) in [6.07, 6.45) is 0. The number of carbonyl (C=O) groups is 1. The minimum atomic E-state index is 0.0701. The van der Waals surface area contributed by atoms with Gasteiger partial charge in [0.2, 0.25) is 5.91 Å². The van der Waals surface area contributed by atoms with Gasteiger partial charge in [-0.2, -0.15) is 0 Å². The van der Waals surface area contributed by atoms with Crippen LogP contribution in [-0.2, 0) is 4.79 Å². The first kappa shape index (κ1) is 12.1. The van der Waals surface area contributed by atoms with Crippen LogP contribution in [0.4, 0.5) is 5.69 Å². The molecule has 0 atom stereocenters. The number of nitrogens with zero attached hydrogens (tertiary/aromatic N) is 2. The Balaban J connectivity index is 1.78. The first-order valence-corrected chi connectivity index (χ1v) is 6.00. The van der Waals surface area contributed by atoms with Gasteiger partial charge in [-0.3, -0.25) is 9.69 Å². The summed E-state index contributed by atoms with van der Waals surface area (Å²) in [7, 11) is 2.11. The van der Waals surface area contributed by atoms with Crippen molar-refractivity contribution in [2.45, 2.75) is 0 Å². The van der Waals surface area contributed by atoms with E-state index in [0.29, 0.717) is 6.54 Å². The molecule has 1 aromatic carbocycles. The van der Waals surface area contributed by atoms with Crippen LogP contribution < -0.4 is 5.32 Å². The highest BCUT2D eigenvalue weighted by Crippen LogP contribution is 2.05. The number of amides is 1. The second-order valence-corrected chi connectivity index (χ2v) is 4.49. The van der Waals surface area contributed by atoms with Crippen LogP contribution in [0.1, 0.15) is 0 Å². The van der Waals surface area contributed by atoms with E-state index in [4.69, 9.17) is 0 Å². The molecule has 0 aliphatic carbocycles. The fourth-order valence-electron chi connectivity index (χ4n) is 1.93. The van der Waals surface area contributed by atoms with Crippen molar-refractivity contribution in [3.05, 3.63) is 30.3 Å². The van der Waals surface area contributed by atoms with Crippen molar-refractivity contribution in [2.24, 2.45) is 0 Å². The molecule has 0 saturated carbocycles. The Morgan fingerprint density at radius 3 is 2.47 bits per heavy atom. The van der Waals surface area contributed by atoms with Gasteiger partial charge in [-0.05, 0) is 19.2 Å². The Kier molecular flexibility index (Phi) is 4.12. The van der Waals surface area contributed by atoms with Crippen LogP contribution >= 0.6 is 0 Å². The molecule has 2 rings (SSSR count). The van der Waals surface area contributed by atoms with Gasteiger partial charge in [0.15, 0.2) is 0 Å². The average Bonchev–Trinajstić information content (AvgIpc) is 2.33. The number of rotatable bonds is 3. The van der Waals surface area contributed by atoms with Crippen LogP contribution in [0.15, 0.2) is 30.3 Å². The van der Waals surface area contributed by atoms with Crippen molar-refractivity contribution in [1.82, 2.24) is 9.80 Å². The number of carbonyl (C=O) groups excluding carboxylic acids is 1. The van der Waals surface area contributed by atoms with Crippen LogP contribution in [0.25, 0.3) is 0 Å². The Bertz CT molecular complexity index is 358. The quantitative estimate of drug-likeness (QED) is 0.841. The zero-order valence-electron chi connectivity index (χ0n) is 10.2. The predicted octanol–water partition coefficient (Wildman–Crippen LogP) is 0.872. The van der Waals surface area contributed by atoms with Crippen LogP contribution in [0.5, 0.6) is 0 Å². The smallest absolute Gasteiger partial charge is 0.238 e. The van der Waals surface area contributed by atoms with Crippen LogP contribution in [-0.4, -0.2) is 55.5 Å². The molecular formula is C13H19N3O. The van der Waals surface area contributed by atoms with Gasteiger partial charge in [-0.25, -0.2) is 0 Å². The molecule has 1 fully saturated rings. The van der Waals surface area contributed by atoms with E-state index >= 15 is 0 Å². The van der Waals surface area contributed by atoms with Gasteiger partial charge in [0.05, 0.1) is 6.54 Å². The third-order valence-corrected chi connectivity index (χ3v) is 3.02. The van der Waals surface area contributed by atoms with Crippen molar-refractivity contribution in [2.75, 3.05) is 45.1 Å². The third-order valence-electron chi connectivity index (χ3n) is 3.02. The fourth-order valence-corrected chi connectivity index (χ4v) is 1.93. The molecular weight excluding hydrogens is 214 g/mol.